The summed E-state index contributed by atoms with van der Waals surface area (Å²) in [7, 11) is 0. The second kappa shape index (κ2) is 9.78. The second-order valence-electron chi connectivity index (χ2n) is 8.70. The van der Waals surface area contributed by atoms with Gasteiger partial charge in [-0.3, -0.25) is 4.90 Å². The predicted octanol–water partition coefficient (Wildman–Crippen LogP) is 8.25. The molecule has 1 N–H and O–H groups in total. The molecule has 4 rings (SSSR count). The Labute approximate surface area is 197 Å². The number of hydrogen-bond acceptors (Lipinski definition) is 1. The molecule has 2 nitrogen and oxygen atoms in total. The maximum atomic E-state index is 13.6. The number of likely N-dealkylation sites (tertiary alicyclic amines) is 1. The van der Waals surface area contributed by atoms with E-state index in [1.54, 1.807) is 0 Å². The van der Waals surface area contributed by atoms with Gasteiger partial charge in [0, 0.05) is 36.4 Å². The van der Waals surface area contributed by atoms with Crippen molar-refractivity contribution in [1.29, 1.82) is 0 Å². The Balaban J connectivity index is 1.69. The maximum absolute atomic E-state index is 13.6. The van der Waals surface area contributed by atoms with Gasteiger partial charge < -0.3 is 4.98 Å². The molecule has 0 unspecified atom stereocenters. The van der Waals surface area contributed by atoms with Crippen molar-refractivity contribution in [2.45, 2.75) is 45.3 Å². The third-order valence-electron chi connectivity index (χ3n) is 6.35. The smallest absolute Gasteiger partial charge is 0.361 e. The fourth-order valence-corrected chi connectivity index (χ4v) is 4.77. The highest BCUT2D eigenvalue weighted by atomic mass is 35.5. The van der Waals surface area contributed by atoms with E-state index in [9.17, 15) is 13.2 Å². The highest BCUT2D eigenvalue weighted by Gasteiger charge is 2.34. The zero-order valence-electron chi connectivity index (χ0n) is 18.7. The van der Waals surface area contributed by atoms with Gasteiger partial charge in [-0.2, -0.15) is 13.2 Å². The molecule has 1 aliphatic heterocycles. The van der Waals surface area contributed by atoms with Crippen LogP contribution in [0.25, 0.3) is 16.5 Å². The van der Waals surface area contributed by atoms with Crippen LogP contribution in [0.3, 0.4) is 0 Å². The number of halogens is 4. The van der Waals surface area contributed by atoms with E-state index in [-0.39, 0.29) is 12.1 Å². The summed E-state index contributed by atoms with van der Waals surface area (Å²) in [6, 6.07) is 12.3. The van der Waals surface area contributed by atoms with Gasteiger partial charge >= 0.3 is 6.18 Å². The van der Waals surface area contributed by atoms with E-state index in [4.69, 9.17) is 11.6 Å². The van der Waals surface area contributed by atoms with Gasteiger partial charge in [0.2, 0.25) is 0 Å². The van der Waals surface area contributed by atoms with Crippen molar-refractivity contribution < 1.29 is 13.2 Å². The summed E-state index contributed by atoms with van der Waals surface area (Å²) in [5.41, 5.74) is 5.32. The van der Waals surface area contributed by atoms with Crippen LogP contribution in [0.5, 0.6) is 0 Å². The Morgan fingerprint density at radius 3 is 2.73 bits per heavy atom. The van der Waals surface area contributed by atoms with Crippen LogP contribution < -0.4 is 0 Å². The van der Waals surface area contributed by atoms with E-state index in [2.05, 4.69) is 47.7 Å². The fourth-order valence-electron chi connectivity index (χ4n) is 4.58. The molecule has 1 aliphatic rings. The summed E-state index contributed by atoms with van der Waals surface area (Å²) in [5.74, 6) is 0. The average molecular weight is 473 g/mol. The molecular weight excluding hydrogens is 445 g/mol. The third-order valence-corrected chi connectivity index (χ3v) is 6.59. The van der Waals surface area contributed by atoms with Crippen LogP contribution in [-0.2, 0) is 12.7 Å². The van der Waals surface area contributed by atoms with Crippen LogP contribution in [0, 0.1) is 0 Å². The van der Waals surface area contributed by atoms with Crippen LogP contribution in [0.2, 0.25) is 5.02 Å². The Hall–Kier alpha value is -2.50. The van der Waals surface area contributed by atoms with E-state index in [0.29, 0.717) is 18.1 Å². The van der Waals surface area contributed by atoms with Crippen LogP contribution in [-0.4, -0.2) is 23.0 Å². The lowest BCUT2D eigenvalue weighted by Gasteiger charge is -2.33. The normalized spacial score (nSPS) is 17.1. The van der Waals surface area contributed by atoms with Crippen molar-refractivity contribution in [3.63, 3.8) is 0 Å². The summed E-state index contributed by atoms with van der Waals surface area (Å²) in [4.78, 5) is 5.30. The molecule has 6 heteroatoms. The maximum Gasteiger partial charge on any atom is 0.416 e. The number of allylic oxidation sites excluding steroid dienone is 1. The van der Waals surface area contributed by atoms with E-state index in [1.165, 1.54) is 17.7 Å². The minimum absolute atomic E-state index is 0.198. The number of nitrogens with zero attached hydrogens (tertiary/aromatic N) is 1. The molecule has 0 saturated carbocycles. The molecule has 0 amide bonds. The van der Waals surface area contributed by atoms with Gasteiger partial charge in [0.05, 0.1) is 5.56 Å². The summed E-state index contributed by atoms with van der Waals surface area (Å²) in [5, 5.41) is 1.47. The lowest BCUT2D eigenvalue weighted by molar-refractivity contribution is -0.138. The number of unbranched alkanes of at least 4 members (excludes halogenated alkanes) is 1. The van der Waals surface area contributed by atoms with Crippen molar-refractivity contribution >= 4 is 28.1 Å². The Morgan fingerprint density at radius 1 is 1.15 bits per heavy atom. The molecule has 0 spiro atoms. The van der Waals surface area contributed by atoms with Gasteiger partial charge in [-0.05, 0) is 88.9 Å². The van der Waals surface area contributed by atoms with Crippen molar-refractivity contribution in [3.05, 3.63) is 88.1 Å². The van der Waals surface area contributed by atoms with Gasteiger partial charge in [0.1, 0.15) is 0 Å². The van der Waals surface area contributed by atoms with Crippen LogP contribution in [0.15, 0.2) is 66.4 Å². The average Bonchev–Trinajstić information content (AvgIpc) is 3.23. The number of alkyl halides is 3. The number of rotatable bonds is 6. The van der Waals surface area contributed by atoms with Crippen molar-refractivity contribution in [3.8, 4) is 0 Å². The zero-order valence-corrected chi connectivity index (χ0v) is 19.5. The number of aromatic amines is 1. The Morgan fingerprint density at radius 2 is 1.97 bits per heavy atom. The molecule has 0 atom stereocenters. The van der Waals surface area contributed by atoms with Gasteiger partial charge in [0.25, 0.3) is 0 Å². The predicted molar refractivity (Wildman–Crippen MR) is 130 cm³/mol. The first-order valence-electron chi connectivity index (χ1n) is 11.3. The first-order valence-corrected chi connectivity index (χ1v) is 11.7. The number of nitrogens with one attached hydrogen (secondary N) is 1. The SMILES string of the molecule is C=C1CCN(Cc2cc(Cl)ccc2C(F)(F)F)C/C1=C(/CCCC)c1ccc2[nH]ccc2c1. The second-order valence-corrected chi connectivity index (χ2v) is 9.14. The molecule has 2 aromatic carbocycles. The summed E-state index contributed by atoms with van der Waals surface area (Å²) < 4.78 is 40.7. The molecule has 1 aromatic heterocycles. The minimum Gasteiger partial charge on any atom is -0.361 e. The largest absolute Gasteiger partial charge is 0.416 e. The minimum atomic E-state index is -4.41. The van der Waals surface area contributed by atoms with E-state index in [0.717, 1.165) is 59.4 Å². The molecular formula is C27H28ClF3N2. The van der Waals surface area contributed by atoms with Gasteiger partial charge in [-0.15, -0.1) is 0 Å². The summed E-state index contributed by atoms with van der Waals surface area (Å²) >= 11 is 6.05. The highest BCUT2D eigenvalue weighted by molar-refractivity contribution is 6.30. The molecule has 2 heterocycles. The molecule has 33 heavy (non-hydrogen) atoms. The highest BCUT2D eigenvalue weighted by Crippen LogP contribution is 2.37. The first-order chi connectivity index (χ1) is 15.8. The molecule has 174 valence electrons. The van der Waals surface area contributed by atoms with Crippen molar-refractivity contribution in [2.24, 2.45) is 0 Å². The third kappa shape index (κ3) is 5.36. The molecule has 1 fully saturated rings. The number of benzene rings is 2. The van der Waals surface area contributed by atoms with Gasteiger partial charge in [-0.25, -0.2) is 0 Å². The Bertz CT molecular complexity index is 1190. The molecule has 0 aliphatic carbocycles. The number of piperidine rings is 1. The number of fused-ring (bicyclic) bond motifs is 1. The topological polar surface area (TPSA) is 19.0 Å². The first kappa shape index (κ1) is 23.7. The lowest BCUT2D eigenvalue weighted by Crippen LogP contribution is -2.33. The van der Waals surface area contributed by atoms with Crippen molar-refractivity contribution in [2.75, 3.05) is 13.1 Å². The summed E-state index contributed by atoms with van der Waals surface area (Å²) in [6.07, 6.45) is 1.29. The molecule has 1 saturated heterocycles. The molecule has 0 bridgehead atoms. The molecule has 3 aromatic rings. The fraction of sp³-hybridized carbons (Fsp3) is 0.333. The standard InChI is InChI=1S/C27H28ClF3N2/c1-3-4-5-23(19-6-9-26-20(14-19)10-12-32-26)24-17-33(13-11-18(24)2)16-21-15-22(28)7-8-25(21)27(29,30)31/h6-10,12,14-15,32H,2-5,11,13,16-17H2,1H3/b24-23+. The van der Waals surface area contributed by atoms with E-state index >= 15 is 0 Å². The van der Waals surface area contributed by atoms with E-state index in [1.807, 2.05) is 6.20 Å². The van der Waals surface area contributed by atoms with Crippen LogP contribution in [0.1, 0.15) is 49.3 Å². The number of hydrogen-bond donors (Lipinski definition) is 1. The number of aromatic nitrogens is 1. The van der Waals surface area contributed by atoms with Crippen LogP contribution in [0.4, 0.5) is 13.2 Å². The monoisotopic (exact) mass is 472 g/mol. The van der Waals surface area contributed by atoms with E-state index < -0.39 is 11.7 Å². The van der Waals surface area contributed by atoms with Crippen molar-refractivity contribution in [1.82, 2.24) is 9.88 Å². The molecule has 0 radical (unpaired) electrons. The summed E-state index contributed by atoms with van der Waals surface area (Å²) in [6.45, 7) is 7.93. The zero-order chi connectivity index (χ0) is 23.6. The van der Waals surface area contributed by atoms with Crippen LogP contribution >= 0.6 is 11.6 Å². The van der Waals surface area contributed by atoms with Gasteiger partial charge in [0.15, 0.2) is 0 Å². The Kier molecular flexibility index (Phi) is 7.01. The lowest BCUT2D eigenvalue weighted by atomic mass is 9.87. The quantitative estimate of drug-likeness (QED) is 0.382. The number of H-pyrrole nitrogens is 1. The van der Waals surface area contributed by atoms with Gasteiger partial charge in [-0.1, -0.05) is 37.6 Å².